The summed E-state index contributed by atoms with van der Waals surface area (Å²) >= 11 is 0. The highest BCUT2D eigenvalue weighted by Gasteiger charge is 2.41. The van der Waals surface area contributed by atoms with Crippen LogP contribution in [0.25, 0.3) is 0 Å². The van der Waals surface area contributed by atoms with E-state index in [0.717, 1.165) is 31.9 Å². The first kappa shape index (κ1) is 17.8. The van der Waals surface area contributed by atoms with Crippen molar-refractivity contribution in [2.75, 3.05) is 19.8 Å². The lowest BCUT2D eigenvalue weighted by Crippen LogP contribution is -2.56. The highest BCUT2D eigenvalue weighted by atomic mass is 16.2. The quantitative estimate of drug-likeness (QED) is 0.762. The lowest BCUT2D eigenvalue weighted by molar-refractivity contribution is -0.136. The summed E-state index contributed by atoms with van der Waals surface area (Å²) in [5.41, 5.74) is 3.33. The van der Waals surface area contributed by atoms with Crippen LogP contribution in [0.4, 0.5) is 0 Å². The SMILES string of the molecule is O=C1CCC(N2Cc3cc(CN4CNCC5(CCC5)C4)ccc3C2=O)C(=O)N1. The Kier molecular flexibility index (Phi) is 4.25. The van der Waals surface area contributed by atoms with Crippen LogP contribution in [-0.4, -0.2) is 53.3 Å². The fraction of sp³-hybridized carbons (Fsp3) is 0.571. The Bertz CT molecular complexity index is 848. The van der Waals surface area contributed by atoms with Crippen LogP contribution in [0.2, 0.25) is 0 Å². The lowest BCUT2D eigenvalue weighted by Gasteiger charge is -2.49. The minimum atomic E-state index is -0.550. The van der Waals surface area contributed by atoms with Gasteiger partial charge in [-0.3, -0.25) is 24.6 Å². The highest BCUT2D eigenvalue weighted by molar-refractivity contribution is 6.05. The number of fused-ring (bicyclic) bond motifs is 1. The van der Waals surface area contributed by atoms with Crippen molar-refractivity contribution in [2.24, 2.45) is 5.41 Å². The van der Waals surface area contributed by atoms with E-state index in [9.17, 15) is 14.4 Å². The van der Waals surface area contributed by atoms with E-state index in [-0.39, 0.29) is 24.1 Å². The minimum absolute atomic E-state index is 0.107. The predicted octanol–water partition coefficient (Wildman–Crippen LogP) is 0.981. The second-order valence-electron chi connectivity index (χ2n) is 8.82. The van der Waals surface area contributed by atoms with E-state index in [1.165, 1.54) is 24.8 Å². The molecule has 2 N–H and O–H groups in total. The summed E-state index contributed by atoms with van der Waals surface area (Å²) in [5.74, 6) is -0.723. The summed E-state index contributed by atoms with van der Waals surface area (Å²) in [6.45, 7) is 4.48. The van der Waals surface area contributed by atoms with Gasteiger partial charge in [0.05, 0.1) is 0 Å². The third-order valence-corrected chi connectivity index (χ3v) is 6.80. The first-order valence-corrected chi connectivity index (χ1v) is 10.2. The molecule has 1 spiro atoms. The molecule has 1 unspecified atom stereocenters. The molecule has 3 aliphatic heterocycles. The van der Waals surface area contributed by atoms with Crippen molar-refractivity contribution in [1.29, 1.82) is 0 Å². The number of benzene rings is 1. The highest BCUT2D eigenvalue weighted by Crippen LogP contribution is 2.42. The van der Waals surface area contributed by atoms with Crippen molar-refractivity contribution < 1.29 is 14.4 Å². The number of nitrogens with one attached hydrogen (secondary N) is 2. The van der Waals surface area contributed by atoms with Gasteiger partial charge in [-0.25, -0.2) is 0 Å². The van der Waals surface area contributed by atoms with E-state index in [1.807, 2.05) is 12.1 Å². The monoisotopic (exact) mass is 382 g/mol. The third-order valence-electron chi connectivity index (χ3n) is 6.80. The van der Waals surface area contributed by atoms with Gasteiger partial charge in [0.25, 0.3) is 5.91 Å². The smallest absolute Gasteiger partial charge is 0.255 e. The zero-order chi connectivity index (χ0) is 19.3. The molecule has 28 heavy (non-hydrogen) atoms. The summed E-state index contributed by atoms with van der Waals surface area (Å²) in [6, 6.07) is 5.49. The number of rotatable bonds is 3. The van der Waals surface area contributed by atoms with Crippen LogP contribution in [0.15, 0.2) is 18.2 Å². The van der Waals surface area contributed by atoms with Crippen LogP contribution in [0.3, 0.4) is 0 Å². The van der Waals surface area contributed by atoms with E-state index in [4.69, 9.17) is 0 Å². The molecule has 1 aromatic carbocycles. The Labute approximate surface area is 164 Å². The molecular formula is C21H26N4O3. The van der Waals surface area contributed by atoms with Gasteiger partial charge in [0.15, 0.2) is 0 Å². The fourth-order valence-electron chi connectivity index (χ4n) is 5.17. The second-order valence-corrected chi connectivity index (χ2v) is 8.82. The molecule has 0 bridgehead atoms. The zero-order valence-electron chi connectivity index (χ0n) is 16.0. The molecule has 2 saturated heterocycles. The molecule has 3 amide bonds. The van der Waals surface area contributed by atoms with E-state index in [1.54, 1.807) is 4.90 Å². The van der Waals surface area contributed by atoms with Gasteiger partial charge in [0.2, 0.25) is 11.8 Å². The normalized spacial score (nSPS) is 26.9. The molecule has 7 nitrogen and oxygen atoms in total. The number of amides is 3. The zero-order valence-corrected chi connectivity index (χ0v) is 16.0. The summed E-state index contributed by atoms with van der Waals surface area (Å²) < 4.78 is 0. The molecule has 1 saturated carbocycles. The molecule has 4 aliphatic rings. The van der Waals surface area contributed by atoms with Crippen molar-refractivity contribution in [2.45, 2.75) is 51.2 Å². The average Bonchev–Trinajstić information content (AvgIpc) is 2.97. The Morgan fingerprint density at radius 1 is 1.18 bits per heavy atom. The maximum atomic E-state index is 12.8. The minimum Gasteiger partial charge on any atom is -0.322 e. The average molecular weight is 382 g/mol. The topological polar surface area (TPSA) is 81.8 Å². The van der Waals surface area contributed by atoms with Crippen molar-refractivity contribution in [1.82, 2.24) is 20.4 Å². The summed E-state index contributed by atoms with van der Waals surface area (Å²) in [5, 5.41) is 5.91. The van der Waals surface area contributed by atoms with Crippen molar-refractivity contribution in [3.63, 3.8) is 0 Å². The Morgan fingerprint density at radius 2 is 2.04 bits per heavy atom. The molecular weight excluding hydrogens is 356 g/mol. The van der Waals surface area contributed by atoms with Gasteiger partial charge >= 0.3 is 0 Å². The van der Waals surface area contributed by atoms with Crippen molar-refractivity contribution in [3.05, 3.63) is 34.9 Å². The predicted molar refractivity (Wildman–Crippen MR) is 102 cm³/mol. The van der Waals surface area contributed by atoms with Crippen LogP contribution in [-0.2, 0) is 22.7 Å². The van der Waals surface area contributed by atoms with Gasteiger partial charge in [-0.15, -0.1) is 0 Å². The third kappa shape index (κ3) is 3.02. The molecule has 148 valence electrons. The second kappa shape index (κ2) is 6.67. The lowest BCUT2D eigenvalue weighted by atomic mass is 9.67. The van der Waals surface area contributed by atoms with Crippen molar-refractivity contribution >= 4 is 17.7 Å². The van der Waals surface area contributed by atoms with Crippen LogP contribution < -0.4 is 10.6 Å². The number of carbonyl (C=O) groups is 3. The van der Waals surface area contributed by atoms with Gasteiger partial charge in [0.1, 0.15) is 6.04 Å². The van der Waals surface area contributed by atoms with E-state index in [0.29, 0.717) is 23.9 Å². The molecule has 0 radical (unpaired) electrons. The van der Waals surface area contributed by atoms with Gasteiger partial charge < -0.3 is 10.2 Å². The van der Waals surface area contributed by atoms with Gasteiger partial charge in [-0.1, -0.05) is 18.6 Å². The number of piperidine rings is 1. The number of hydrogen-bond donors (Lipinski definition) is 2. The first-order valence-electron chi connectivity index (χ1n) is 10.2. The van der Waals surface area contributed by atoms with E-state index >= 15 is 0 Å². The van der Waals surface area contributed by atoms with Crippen LogP contribution >= 0.6 is 0 Å². The molecule has 7 heteroatoms. The fourth-order valence-corrected chi connectivity index (χ4v) is 5.17. The van der Waals surface area contributed by atoms with Gasteiger partial charge in [0, 0.05) is 44.8 Å². The molecule has 0 aromatic heterocycles. The largest absolute Gasteiger partial charge is 0.322 e. The standard InChI is InChI=1S/C21H26N4O3/c26-18-5-4-17(19(27)23-18)25-10-15-8-14(2-3-16(15)20(25)28)9-24-12-21(6-1-7-21)11-22-13-24/h2-3,8,17,22H,1,4-7,9-13H2,(H,23,26,27). The number of carbonyl (C=O) groups excluding carboxylic acids is 3. The Balaban J connectivity index is 1.29. The van der Waals surface area contributed by atoms with Crippen LogP contribution in [0.5, 0.6) is 0 Å². The molecule has 1 aliphatic carbocycles. The number of imide groups is 1. The summed E-state index contributed by atoms with van der Waals surface area (Å²) in [6.07, 6.45) is 4.66. The molecule has 3 heterocycles. The number of nitrogens with zero attached hydrogens (tertiary/aromatic N) is 2. The Morgan fingerprint density at radius 3 is 2.79 bits per heavy atom. The van der Waals surface area contributed by atoms with E-state index < -0.39 is 6.04 Å². The first-order chi connectivity index (χ1) is 13.5. The summed E-state index contributed by atoms with van der Waals surface area (Å²) in [4.78, 5) is 40.4. The van der Waals surface area contributed by atoms with Crippen LogP contribution in [0, 0.1) is 5.41 Å². The van der Waals surface area contributed by atoms with Crippen LogP contribution in [0.1, 0.15) is 53.6 Å². The summed E-state index contributed by atoms with van der Waals surface area (Å²) in [7, 11) is 0. The molecule has 5 rings (SSSR count). The van der Waals surface area contributed by atoms with E-state index in [2.05, 4.69) is 21.6 Å². The molecule has 3 fully saturated rings. The van der Waals surface area contributed by atoms with Gasteiger partial charge in [-0.2, -0.15) is 0 Å². The Hall–Kier alpha value is -2.25. The molecule has 1 aromatic rings. The maximum absolute atomic E-state index is 12.8. The maximum Gasteiger partial charge on any atom is 0.255 e. The number of hydrogen-bond acceptors (Lipinski definition) is 5. The van der Waals surface area contributed by atoms with Crippen molar-refractivity contribution in [3.8, 4) is 0 Å². The van der Waals surface area contributed by atoms with Gasteiger partial charge in [-0.05, 0) is 41.9 Å². The molecule has 1 atom stereocenters.